The van der Waals surface area contributed by atoms with Gasteiger partial charge in [0.1, 0.15) is 6.29 Å². The topological polar surface area (TPSA) is 40.1 Å². The molecule has 0 fully saturated rings. The van der Waals surface area contributed by atoms with E-state index in [1.54, 1.807) is 0 Å². The van der Waals surface area contributed by atoms with Gasteiger partial charge < -0.3 is 4.55 Å². The fourth-order valence-corrected chi connectivity index (χ4v) is 1.73. The molecule has 0 radical (unpaired) electrons. The van der Waals surface area contributed by atoms with Crippen molar-refractivity contribution in [2.45, 2.75) is 10.4 Å². The SMILES string of the molecule is O=C/C=C/c1cccc([S+]([O-])C(F)(F)F)c1. The van der Waals surface area contributed by atoms with Crippen molar-refractivity contribution in [1.82, 2.24) is 0 Å². The van der Waals surface area contributed by atoms with Gasteiger partial charge in [-0.25, -0.2) is 0 Å². The van der Waals surface area contributed by atoms with Crippen LogP contribution in [0, 0.1) is 0 Å². The van der Waals surface area contributed by atoms with Crippen LogP contribution in [0.15, 0.2) is 35.2 Å². The highest BCUT2D eigenvalue weighted by molar-refractivity contribution is 7.92. The van der Waals surface area contributed by atoms with Crippen LogP contribution in [0.2, 0.25) is 0 Å². The molecule has 6 heteroatoms. The highest BCUT2D eigenvalue weighted by Gasteiger charge is 2.45. The number of hydrogen-bond donors (Lipinski definition) is 0. The standard InChI is InChI=1S/C10H7F3O2S/c11-10(12,13)16(15)9-5-1-3-8(7-9)4-2-6-14/h1-7H/b4-2+. The summed E-state index contributed by atoms with van der Waals surface area (Å²) < 4.78 is 47.4. The lowest BCUT2D eigenvalue weighted by molar-refractivity contribution is -0.104. The number of hydrogen-bond acceptors (Lipinski definition) is 2. The van der Waals surface area contributed by atoms with E-state index < -0.39 is 16.7 Å². The van der Waals surface area contributed by atoms with Crippen molar-refractivity contribution >= 4 is 23.5 Å². The highest BCUT2D eigenvalue weighted by atomic mass is 32.2. The molecular formula is C10H7F3O2S. The van der Waals surface area contributed by atoms with Gasteiger partial charge in [-0.05, 0) is 17.7 Å². The number of rotatable bonds is 3. The summed E-state index contributed by atoms with van der Waals surface area (Å²) >= 11 is -3.04. The fraction of sp³-hybridized carbons (Fsp3) is 0.100. The minimum absolute atomic E-state index is 0.333. The van der Waals surface area contributed by atoms with Crippen molar-refractivity contribution in [3.05, 3.63) is 35.9 Å². The van der Waals surface area contributed by atoms with E-state index in [2.05, 4.69) is 0 Å². The Morgan fingerprint density at radius 1 is 1.31 bits per heavy atom. The summed E-state index contributed by atoms with van der Waals surface area (Å²) in [5, 5.41) is 0. The molecule has 1 aromatic rings. The number of benzene rings is 1. The lowest BCUT2D eigenvalue weighted by Crippen LogP contribution is -2.23. The molecule has 0 aliphatic heterocycles. The average molecular weight is 248 g/mol. The molecule has 0 bridgehead atoms. The van der Waals surface area contributed by atoms with E-state index in [0.29, 0.717) is 11.8 Å². The molecule has 0 saturated heterocycles. The number of carbonyl (C=O) groups excluding carboxylic acids is 1. The van der Waals surface area contributed by atoms with Gasteiger partial charge in [-0.1, -0.05) is 18.2 Å². The van der Waals surface area contributed by atoms with Crippen molar-refractivity contribution in [3.63, 3.8) is 0 Å². The van der Waals surface area contributed by atoms with Crippen LogP contribution < -0.4 is 0 Å². The molecule has 0 N–H and O–H groups in total. The molecule has 0 spiro atoms. The summed E-state index contributed by atoms with van der Waals surface area (Å²) in [6.45, 7) is 0. The number of allylic oxidation sites excluding steroid dienone is 1. The van der Waals surface area contributed by atoms with Crippen molar-refractivity contribution in [1.29, 1.82) is 0 Å². The van der Waals surface area contributed by atoms with Gasteiger partial charge in [-0.3, -0.25) is 4.79 Å². The number of carbonyl (C=O) groups is 1. The molecule has 0 amide bonds. The first-order chi connectivity index (χ1) is 7.45. The zero-order valence-corrected chi connectivity index (χ0v) is 8.72. The molecule has 86 valence electrons. The number of aldehydes is 1. The second-order valence-electron chi connectivity index (χ2n) is 2.78. The molecule has 16 heavy (non-hydrogen) atoms. The second-order valence-corrected chi connectivity index (χ2v) is 4.25. The van der Waals surface area contributed by atoms with E-state index in [1.807, 2.05) is 0 Å². The van der Waals surface area contributed by atoms with Crippen LogP contribution in [-0.2, 0) is 16.0 Å². The highest BCUT2D eigenvalue weighted by Crippen LogP contribution is 2.30. The minimum atomic E-state index is -4.77. The smallest absolute Gasteiger partial charge is 0.578 e. The zero-order valence-electron chi connectivity index (χ0n) is 7.90. The third-order valence-corrected chi connectivity index (χ3v) is 2.75. The molecule has 0 aliphatic rings. The van der Waals surface area contributed by atoms with E-state index in [-0.39, 0.29) is 4.90 Å². The fourth-order valence-electron chi connectivity index (χ4n) is 1.02. The van der Waals surface area contributed by atoms with Crippen LogP contribution in [0.3, 0.4) is 0 Å². The molecule has 2 nitrogen and oxygen atoms in total. The lowest BCUT2D eigenvalue weighted by atomic mass is 10.2. The summed E-state index contributed by atoms with van der Waals surface area (Å²) in [6.07, 6.45) is 2.99. The maximum absolute atomic E-state index is 12.1. The molecule has 1 unspecified atom stereocenters. The Hall–Kier alpha value is -1.27. The molecule has 0 aromatic heterocycles. The first-order valence-corrected chi connectivity index (χ1v) is 5.30. The summed E-state index contributed by atoms with van der Waals surface area (Å²) in [7, 11) is 0. The molecule has 1 atom stereocenters. The third kappa shape index (κ3) is 3.39. The summed E-state index contributed by atoms with van der Waals surface area (Å²) in [4.78, 5) is 9.70. The van der Waals surface area contributed by atoms with E-state index >= 15 is 0 Å². The number of halogens is 3. The number of alkyl halides is 3. The van der Waals surface area contributed by atoms with Gasteiger partial charge in [0.25, 0.3) is 0 Å². The van der Waals surface area contributed by atoms with Crippen molar-refractivity contribution in [2.75, 3.05) is 0 Å². The van der Waals surface area contributed by atoms with Crippen molar-refractivity contribution in [2.24, 2.45) is 0 Å². The Bertz CT molecular complexity index is 401. The van der Waals surface area contributed by atoms with Crippen LogP contribution in [0.25, 0.3) is 6.08 Å². The Balaban J connectivity index is 2.98. The molecule has 0 heterocycles. The van der Waals surface area contributed by atoms with Gasteiger partial charge in [-0.15, -0.1) is 13.2 Å². The first-order valence-electron chi connectivity index (χ1n) is 4.15. The normalized spacial score (nSPS) is 14.0. The van der Waals surface area contributed by atoms with Gasteiger partial charge in [0.05, 0.1) is 11.2 Å². The summed E-state index contributed by atoms with van der Waals surface area (Å²) in [5.74, 6) is 0. The van der Waals surface area contributed by atoms with Crippen LogP contribution in [0.4, 0.5) is 13.2 Å². The Morgan fingerprint density at radius 2 is 2.00 bits per heavy atom. The van der Waals surface area contributed by atoms with Gasteiger partial charge >= 0.3 is 5.51 Å². The predicted molar refractivity (Wildman–Crippen MR) is 54.0 cm³/mol. The Morgan fingerprint density at radius 3 is 2.56 bits per heavy atom. The monoisotopic (exact) mass is 248 g/mol. The zero-order chi connectivity index (χ0) is 12.2. The van der Waals surface area contributed by atoms with Gasteiger partial charge in [-0.2, -0.15) is 0 Å². The van der Waals surface area contributed by atoms with Gasteiger partial charge in [0.15, 0.2) is 4.90 Å². The quantitative estimate of drug-likeness (QED) is 0.468. The molecule has 0 saturated carbocycles. The average Bonchev–Trinajstić information content (AvgIpc) is 2.24. The van der Waals surface area contributed by atoms with Crippen molar-refractivity contribution < 1.29 is 22.5 Å². The summed E-state index contributed by atoms with van der Waals surface area (Å²) in [6, 6.07) is 5.12. The van der Waals surface area contributed by atoms with Crippen LogP contribution in [0.5, 0.6) is 0 Å². The molecule has 1 aromatic carbocycles. The third-order valence-electron chi connectivity index (χ3n) is 1.65. The predicted octanol–water partition coefficient (Wildman–Crippen LogP) is 2.53. The largest absolute Gasteiger partial charge is 0.604 e. The van der Waals surface area contributed by atoms with Gasteiger partial charge in [0.2, 0.25) is 0 Å². The Labute approximate surface area is 93.0 Å². The van der Waals surface area contributed by atoms with Crippen LogP contribution >= 0.6 is 0 Å². The lowest BCUT2D eigenvalue weighted by Gasteiger charge is -2.12. The van der Waals surface area contributed by atoms with E-state index in [1.165, 1.54) is 18.2 Å². The molecule has 0 aliphatic carbocycles. The van der Waals surface area contributed by atoms with E-state index in [9.17, 15) is 22.5 Å². The maximum atomic E-state index is 12.1. The van der Waals surface area contributed by atoms with E-state index in [4.69, 9.17) is 0 Å². The Kier molecular flexibility index (Phi) is 4.14. The first kappa shape index (κ1) is 12.8. The molecular weight excluding hydrogens is 241 g/mol. The molecule has 1 rings (SSSR count). The van der Waals surface area contributed by atoms with Gasteiger partial charge in [0, 0.05) is 6.07 Å². The van der Waals surface area contributed by atoms with E-state index in [0.717, 1.165) is 18.2 Å². The van der Waals surface area contributed by atoms with Crippen molar-refractivity contribution in [3.8, 4) is 0 Å². The maximum Gasteiger partial charge on any atom is 0.578 e. The van der Waals surface area contributed by atoms with Crippen LogP contribution in [-0.4, -0.2) is 16.3 Å². The minimum Gasteiger partial charge on any atom is -0.604 e. The van der Waals surface area contributed by atoms with Crippen LogP contribution in [0.1, 0.15) is 5.56 Å². The second kappa shape index (κ2) is 5.18. The summed E-state index contributed by atoms with van der Waals surface area (Å²) in [5.41, 5.74) is -4.38.